The lowest BCUT2D eigenvalue weighted by Crippen LogP contribution is -2.01. The Balaban J connectivity index is 1.87. The van der Waals surface area contributed by atoms with Gasteiger partial charge in [0.25, 0.3) is 0 Å². The van der Waals surface area contributed by atoms with Crippen LogP contribution >= 0.6 is 7.60 Å². The number of hydrogen-bond donors (Lipinski definition) is 3. The molecule has 0 bridgehead atoms. The van der Waals surface area contributed by atoms with Crippen LogP contribution in [0, 0.1) is 13.8 Å². The molecule has 0 aromatic heterocycles. The molecule has 28 heavy (non-hydrogen) atoms. The molecule has 3 aromatic rings. The molecule has 0 aliphatic rings. The molecule has 6 heteroatoms. The van der Waals surface area contributed by atoms with Crippen LogP contribution < -0.4 is 4.74 Å². The zero-order chi connectivity index (χ0) is 20.3. The highest BCUT2D eigenvalue weighted by atomic mass is 31.2. The van der Waals surface area contributed by atoms with Gasteiger partial charge >= 0.3 is 7.60 Å². The zero-order valence-electron chi connectivity index (χ0n) is 15.8. The Morgan fingerprint density at radius 1 is 0.929 bits per heavy atom. The molecule has 0 aliphatic carbocycles. The van der Waals surface area contributed by atoms with Crippen LogP contribution in [-0.4, -0.2) is 21.2 Å². The Hall–Kier alpha value is -2.59. The summed E-state index contributed by atoms with van der Waals surface area (Å²) in [5, 5.41) is 10.2. The second-order valence-electron chi connectivity index (χ2n) is 6.87. The minimum Gasteiger partial charge on any atom is -0.507 e. The van der Waals surface area contributed by atoms with Crippen LogP contribution in [0.3, 0.4) is 0 Å². The first-order valence-corrected chi connectivity index (χ1v) is 10.7. The summed E-state index contributed by atoms with van der Waals surface area (Å²) in [7, 11) is -4.21. The summed E-state index contributed by atoms with van der Waals surface area (Å²) in [5.74, 6) is 0.683. The molecule has 3 aromatic carbocycles. The number of phenols is 1. The summed E-state index contributed by atoms with van der Waals surface area (Å²) in [6.45, 7) is 3.90. The topological polar surface area (TPSA) is 87.0 Å². The van der Waals surface area contributed by atoms with Gasteiger partial charge in [0.1, 0.15) is 11.5 Å². The molecule has 3 N–H and O–H groups in total. The minimum absolute atomic E-state index is 0.240. The molecule has 3 rings (SSSR count). The molecule has 0 amide bonds. The van der Waals surface area contributed by atoms with Crippen LogP contribution in [0.1, 0.15) is 22.3 Å². The van der Waals surface area contributed by atoms with E-state index in [2.05, 4.69) is 0 Å². The van der Waals surface area contributed by atoms with Crippen molar-refractivity contribution in [1.82, 2.24) is 0 Å². The highest BCUT2D eigenvalue weighted by Crippen LogP contribution is 2.36. The van der Waals surface area contributed by atoms with Gasteiger partial charge in [-0.25, -0.2) is 0 Å². The predicted octanol–water partition coefficient (Wildman–Crippen LogP) is 4.78. The van der Waals surface area contributed by atoms with E-state index in [1.807, 2.05) is 56.3 Å². The predicted molar refractivity (Wildman–Crippen MR) is 110 cm³/mol. The number of hydrogen-bond acceptors (Lipinski definition) is 3. The molecule has 5 nitrogen and oxygen atoms in total. The Morgan fingerprint density at radius 2 is 1.57 bits per heavy atom. The van der Waals surface area contributed by atoms with E-state index in [4.69, 9.17) is 14.5 Å². The molecular weight excluding hydrogens is 375 g/mol. The van der Waals surface area contributed by atoms with Crippen molar-refractivity contribution < 1.29 is 24.2 Å². The lowest BCUT2D eigenvalue weighted by atomic mass is 9.93. The molecule has 0 saturated carbocycles. The van der Waals surface area contributed by atoms with Gasteiger partial charge in [-0.15, -0.1) is 0 Å². The van der Waals surface area contributed by atoms with Crippen LogP contribution in [0.2, 0.25) is 0 Å². The lowest BCUT2D eigenvalue weighted by molar-refractivity contribution is 0.300. The fourth-order valence-corrected chi connectivity index (χ4v) is 3.54. The van der Waals surface area contributed by atoms with E-state index >= 15 is 0 Å². The van der Waals surface area contributed by atoms with Gasteiger partial charge in [-0.3, -0.25) is 4.57 Å². The third-order valence-electron chi connectivity index (χ3n) is 4.60. The molecule has 0 spiro atoms. The summed E-state index contributed by atoms with van der Waals surface area (Å²) < 4.78 is 16.2. The maximum Gasteiger partial charge on any atom is 0.362 e. The molecular formula is C22H23O5P. The fraction of sp³-hybridized carbons (Fsp3) is 0.182. The van der Waals surface area contributed by atoms with Crippen molar-refractivity contribution in [1.29, 1.82) is 0 Å². The first-order chi connectivity index (χ1) is 13.2. The van der Waals surface area contributed by atoms with Gasteiger partial charge < -0.3 is 19.6 Å². The number of rotatable bonds is 6. The van der Waals surface area contributed by atoms with E-state index in [1.54, 1.807) is 18.2 Å². The van der Waals surface area contributed by atoms with Crippen molar-refractivity contribution in [2.75, 3.05) is 6.35 Å². The maximum atomic E-state index is 11.0. The van der Waals surface area contributed by atoms with Crippen molar-refractivity contribution >= 4 is 7.60 Å². The smallest absolute Gasteiger partial charge is 0.362 e. The lowest BCUT2D eigenvalue weighted by Gasteiger charge is -2.15. The second-order valence-corrected chi connectivity index (χ2v) is 8.46. The average molecular weight is 398 g/mol. The standard InChI is InChI=1S/C22H23O5P/c1-15-10-19(27-14-28(24,25)26)11-16(2)20(15)12-17-8-9-22(23)21(13-17)18-6-4-3-5-7-18/h3-11,13,23H,12,14H2,1-2H3,(H2,24,25,26). The number of phenolic OH excluding ortho intramolecular Hbond substituents is 1. The molecule has 0 radical (unpaired) electrons. The Bertz CT molecular complexity index is 1000. The van der Waals surface area contributed by atoms with Gasteiger partial charge in [0, 0.05) is 5.56 Å². The van der Waals surface area contributed by atoms with Gasteiger partial charge in [-0.2, -0.15) is 0 Å². The highest BCUT2D eigenvalue weighted by molar-refractivity contribution is 7.51. The summed E-state index contributed by atoms with van der Waals surface area (Å²) >= 11 is 0. The SMILES string of the molecule is Cc1cc(OCP(=O)(O)O)cc(C)c1Cc1ccc(O)c(-c2ccccc2)c1. The van der Waals surface area contributed by atoms with Crippen LogP contribution in [0.4, 0.5) is 0 Å². The first kappa shape index (κ1) is 20.2. The van der Waals surface area contributed by atoms with Crippen LogP contribution in [0.15, 0.2) is 60.7 Å². The van der Waals surface area contributed by atoms with Crippen LogP contribution in [0.5, 0.6) is 11.5 Å². The third kappa shape index (κ3) is 5.02. The monoisotopic (exact) mass is 398 g/mol. The summed E-state index contributed by atoms with van der Waals surface area (Å²) in [6, 6.07) is 18.9. The summed E-state index contributed by atoms with van der Waals surface area (Å²) in [4.78, 5) is 18.0. The second kappa shape index (κ2) is 8.19. The quantitative estimate of drug-likeness (QED) is 0.520. The van der Waals surface area contributed by atoms with E-state index < -0.39 is 13.9 Å². The molecule has 146 valence electrons. The van der Waals surface area contributed by atoms with Crippen LogP contribution in [-0.2, 0) is 11.0 Å². The van der Waals surface area contributed by atoms with Crippen molar-refractivity contribution in [2.45, 2.75) is 20.3 Å². The fourth-order valence-electron chi connectivity index (χ4n) is 3.22. The Morgan fingerprint density at radius 3 is 2.18 bits per heavy atom. The van der Waals surface area contributed by atoms with E-state index in [1.165, 1.54) is 0 Å². The first-order valence-electron chi connectivity index (χ1n) is 8.88. The van der Waals surface area contributed by atoms with Gasteiger partial charge in [-0.1, -0.05) is 36.4 Å². The van der Waals surface area contributed by atoms with Gasteiger partial charge in [0.2, 0.25) is 0 Å². The van der Waals surface area contributed by atoms with E-state index in [0.29, 0.717) is 12.2 Å². The number of benzene rings is 3. The molecule has 0 heterocycles. The van der Waals surface area contributed by atoms with E-state index in [0.717, 1.165) is 33.4 Å². The van der Waals surface area contributed by atoms with E-state index in [-0.39, 0.29) is 5.75 Å². The van der Waals surface area contributed by atoms with Gasteiger partial charge in [-0.05, 0) is 72.4 Å². The van der Waals surface area contributed by atoms with Crippen molar-refractivity contribution in [3.05, 3.63) is 82.9 Å². The number of aryl methyl sites for hydroxylation is 2. The average Bonchev–Trinajstić information content (AvgIpc) is 2.64. The number of aromatic hydroxyl groups is 1. The van der Waals surface area contributed by atoms with Crippen LogP contribution in [0.25, 0.3) is 11.1 Å². The number of ether oxygens (including phenoxy) is 1. The minimum atomic E-state index is -4.21. The van der Waals surface area contributed by atoms with Crippen molar-refractivity contribution in [2.24, 2.45) is 0 Å². The molecule has 0 fully saturated rings. The summed E-state index contributed by atoms with van der Waals surface area (Å²) in [6.07, 6.45) is 0.0418. The van der Waals surface area contributed by atoms with Crippen molar-refractivity contribution in [3.63, 3.8) is 0 Å². The maximum absolute atomic E-state index is 11.0. The largest absolute Gasteiger partial charge is 0.507 e. The highest BCUT2D eigenvalue weighted by Gasteiger charge is 2.15. The van der Waals surface area contributed by atoms with Gasteiger partial charge in [0.05, 0.1) is 0 Å². The van der Waals surface area contributed by atoms with Crippen molar-refractivity contribution in [3.8, 4) is 22.6 Å². The molecule has 0 saturated heterocycles. The normalized spacial score (nSPS) is 11.4. The third-order valence-corrected chi connectivity index (χ3v) is 5.06. The summed E-state index contributed by atoms with van der Waals surface area (Å²) in [5.41, 5.74) is 5.89. The Labute approximate surface area is 164 Å². The Kier molecular flexibility index (Phi) is 5.90. The molecule has 0 unspecified atom stereocenters. The van der Waals surface area contributed by atoms with Gasteiger partial charge in [0.15, 0.2) is 6.35 Å². The molecule has 0 atom stereocenters. The van der Waals surface area contributed by atoms with E-state index in [9.17, 15) is 9.67 Å². The zero-order valence-corrected chi connectivity index (χ0v) is 16.7. The molecule has 0 aliphatic heterocycles.